The van der Waals surface area contributed by atoms with Crippen LogP contribution in [0.2, 0.25) is 0 Å². The number of hydrogen-bond donors (Lipinski definition) is 0. The topological polar surface area (TPSA) is 0 Å². The lowest BCUT2D eigenvalue weighted by atomic mass is 9.99. The molecule has 0 aliphatic heterocycles. The highest BCUT2D eigenvalue weighted by Crippen LogP contribution is 2.70. The van der Waals surface area contributed by atoms with E-state index >= 15 is 0 Å². The zero-order valence-corrected chi connectivity index (χ0v) is 17.5. The Morgan fingerprint density at radius 3 is 1.57 bits per heavy atom. The minimum atomic E-state index is -1.42. The largest absolute Gasteiger partial charge is 0.0998 e. The SMILES string of the molecule is C.C=Cc1ccc([P+](c2ccccc2)(C2CCCCC2)C2CCCCC2)cc1. The molecule has 0 heterocycles. The van der Waals surface area contributed by atoms with Crippen LogP contribution in [0, 0.1) is 0 Å². The summed E-state index contributed by atoms with van der Waals surface area (Å²) in [5.74, 6) is 0. The fraction of sp³-hybridized carbons (Fsp3) is 0.481. The van der Waals surface area contributed by atoms with Crippen molar-refractivity contribution in [2.24, 2.45) is 0 Å². The van der Waals surface area contributed by atoms with Crippen LogP contribution in [0.1, 0.15) is 77.2 Å². The average Bonchev–Trinajstić information content (AvgIpc) is 2.77. The molecule has 28 heavy (non-hydrogen) atoms. The van der Waals surface area contributed by atoms with Gasteiger partial charge in [-0.1, -0.05) is 63.3 Å². The van der Waals surface area contributed by atoms with Crippen LogP contribution >= 0.6 is 7.26 Å². The predicted molar refractivity (Wildman–Crippen MR) is 130 cm³/mol. The zero-order chi connectivity index (χ0) is 18.5. The highest BCUT2D eigenvalue weighted by Gasteiger charge is 2.55. The summed E-state index contributed by atoms with van der Waals surface area (Å²) in [7, 11) is -1.42. The minimum Gasteiger partial charge on any atom is -0.0985 e. The highest BCUT2D eigenvalue weighted by molar-refractivity contribution is 7.90. The second-order valence-electron chi connectivity index (χ2n) is 8.49. The summed E-state index contributed by atoms with van der Waals surface area (Å²) in [6.45, 7) is 3.97. The van der Waals surface area contributed by atoms with Gasteiger partial charge in [-0.25, -0.2) is 0 Å². The van der Waals surface area contributed by atoms with Crippen molar-refractivity contribution in [3.8, 4) is 0 Å². The van der Waals surface area contributed by atoms with Crippen molar-refractivity contribution < 1.29 is 0 Å². The second-order valence-corrected chi connectivity index (χ2v) is 12.5. The molecule has 0 atom stereocenters. The fourth-order valence-corrected chi connectivity index (χ4v) is 12.0. The third-order valence-electron chi connectivity index (χ3n) is 7.04. The monoisotopic (exact) mass is 393 g/mol. The van der Waals surface area contributed by atoms with Crippen LogP contribution < -0.4 is 10.6 Å². The van der Waals surface area contributed by atoms with E-state index in [-0.39, 0.29) is 7.43 Å². The molecule has 2 saturated carbocycles. The maximum atomic E-state index is 3.97. The average molecular weight is 394 g/mol. The van der Waals surface area contributed by atoms with E-state index in [4.69, 9.17) is 0 Å². The molecule has 2 aliphatic carbocycles. The van der Waals surface area contributed by atoms with Gasteiger partial charge in [0.2, 0.25) is 0 Å². The van der Waals surface area contributed by atoms with Crippen molar-refractivity contribution >= 4 is 23.9 Å². The maximum absolute atomic E-state index is 3.97. The summed E-state index contributed by atoms with van der Waals surface area (Å²) in [6.07, 6.45) is 16.3. The third-order valence-corrected chi connectivity index (χ3v) is 12.7. The van der Waals surface area contributed by atoms with Crippen molar-refractivity contribution in [3.05, 3.63) is 66.7 Å². The number of rotatable bonds is 5. The molecule has 0 nitrogen and oxygen atoms in total. The van der Waals surface area contributed by atoms with E-state index in [0.29, 0.717) is 0 Å². The zero-order valence-electron chi connectivity index (χ0n) is 16.7. The molecule has 2 aromatic rings. The Bertz CT molecular complexity index is 701. The van der Waals surface area contributed by atoms with Crippen LogP contribution in [0.25, 0.3) is 6.08 Å². The third kappa shape index (κ3) is 3.99. The van der Waals surface area contributed by atoms with Crippen molar-refractivity contribution in [2.45, 2.75) is 83.0 Å². The standard InChI is InChI=1S/C26H34P.CH4/c1-2-22-18-20-26(21-19-22)27(23-12-6-3-7-13-23,24-14-8-4-9-15-24)25-16-10-5-11-17-25;/h2-3,6-7,12-13,18-21,24-25H,1,4-5,8-11,14-17H2;1H4/q+1;. The Morgan fingerprint density at radius 2 is 1.11 bits per heavy atom. The summed E-state index contributed by atoms with van der Waals surface area (Å²) in [5.41, 5.74) is 3.01. The van der Waals surface area contributed by atoms with Gasteiger partial charge in [0.1, 0.15) is 0 Å². The smallest absolute Gasteiger partial charge is 0.0985 e. The van der Waals surface area contributed by atoms with Crippen LogP contribution in [0.3, 0.4) is 0 Å². The van der Waals surface area contributed by atoms with Gasteiger partial charge in [-0.3, -0.25) is 0 Å². The van der Waals surface area contributed by atoms with Crippen molar-refractivity contribution in [1.82, 2.24) is 0 Å². The van der Waals surface area contributed by atoms with Gasteiger partial charge in [0.05, 0.1) is 29.2 Å². The quantitative estimate of drug-likeness (QED) is 0.459. The van der Waals surface area contributed by atoms with E-state index in [0.717, 1.165) is 11.3 Å². The summed E-state index contributed by atoms with van der Waals surface area (Å²) in [6, 6.07) is 21.3. The highest BCUT2D eigenvalue weighted by atomic mass is 31.2. The summed E-state index contributed by atoms with van der Waals surface area (Å²) in [4.78, 5) is 0. The lowest BCUT2D eigenvalue weighted by molar-refractivity contribution is 0.483. The van der Waals surface area contributed by atoms with Crippen molar-refractivity contribution in [3.63, 3.8) is 0 Å². The second kappa shape index (κ2) is 9.89. The predicted octanol–water partition coefficient (Wildman–Crippen LogP) is 7.60. The van der Waals surface area contributed by atoms with Gasteiger partial charge < -0.3 is 0 Å². The van der Waals surface area contributed by atoms with Crippen molar-refractivity contribution in [2.75, 3.05) is 0 Å². The molecule has 2 aromatic carbocycles. The van der Waals surface area contributed by atoms with E-state index in [2.05, 4.69) is 61.2 Å². The van der Waals surface area contributed by atoms with Crippen LogP contribution in [-0.2, 0) is 0 Å². The first-order valence-electron chi connectivity index (χ1n) is 11.0. The van der Waals surface area contributed by atoms with Gasteiger partial charge in [0.25, 0.3) is 0 Å². The summed E-state index contributed by atoms with van der Waals surface area (Å²) >= 11 is 0. The van der Waals surface area contributed by atoms with Crippen molar-refractivity contribution in [1.29, 1.82) is 0 Å². The normalized spacial score (nSPS) is 19.0. The Kier molecular flexibility index (Phi) is 7.53. The van der Waals surface area contributed by atoms with Gasteiger partial charge in [-0.15, -0.1) is 0 Å². The van der Waals surface area contributed by atoms with Gasteiger partial charge >= 0.3 is 0 Å². The van der Waals surface area contributed by atoms with E-state index in [1.807, 2.05) is 6.08 Å². The lowest BCUT2D eigenvalue weighted by Crippen LogP contribution is -2.40. The molecule has 0 radical (unpaired) electrons. The van der Waals surface area contributed by atoms with E-state index in [1.54, 1.807) is 10.6 Å². The summed E-state index contributed by atoms with van der Waals surface area (Å²) < 4.78 is 0. The maximum Gasteiger partial charge on any atom is 0.0998 e. The molecule has 0 spiro atoms. The molecule has 0 bridgehead atoms. The Hall–Kier alpha value is -1.39. The first kappa shape index (κ1) is 21.3. The van der Waals surface area contributed by atoms with Gasteiger partial charge in [-0.2, -0.15) is 0 Å². The van der Waals surface area contributed by atoms with Crippen LogP contribution in [0.15, 0.2) is 61.2 Å². The van der Waals surface area contributed by atoms with E-state index in [1.165, 1.54) is 69.8 Å². The first-order chi connectivity index (χ1) is 13.4. The Labute approximate surface area is 173 Å². The minimum absolute atomic E-state index is 0. The van der Waals surface area contributed by atoms with E-state index in [9.17, 15) is 0 Å². The molecule has 0 aromatic heterocycles. The van der Waals surface area contributed by atoms with E-state index < -0.39 is 7.26 Å². The molecular formula is C27H38P+. The molecule has 4 rings (SSSR count). The number of benzene rings is 2. The van der Waals surface area contributed by atoms with Gasteiger partial charge in [-0.05, 0) is 81.2 Å². The molecular weight excluding hydrogens is 355 g/mol. The fourth-order valence-electron chi connectivity index (χ4n) is 5.80. The molecule has 1 heteroatoms. The molecule has 2 fully saturated rings. The molecule has 0 N–H and O–H groups in total. The van der Waals surface area contributed by atoms with Gasteiger partial charge in [0.15, 0.2) is 0 Å². The Morgan fingerprint density at radius 1 is 0.643 bits per heavy atom. The Balaban J connectivity index is 0.00000225. The molecule has 0 saturated heterocycles. The van der Waals surface area contributed by atoms with Crippen LogP contribution in [-0.4, -0.2) is 11.3 Å². The number of hydrogen-bond acceptors (Lipinski definition) is 0. The molecule has 2 aliphatic rings. The lowest BCUT2D eigenvalue weighted by Gasteiger charge is -2.43. The first-order valence-corrected chi connectivity index (χ1v) is 13.0. The van der Waals surface area contributed by atoms with Crippen LogP contribution in [0.5, 0.6) is 0 Å². The molecule has 0 unspecified atom stereocenters. The van der Waals surface area contributed by atoms with Gasteiger partial charge in [0, 0.05) is 0 Å². The molecule has 150 valence electrons. The summed E-state index contributed by atoms with van der Waals surface area (Å²) in [5, 5.41) is 3.34. The molecule has 0 amide bonds. The van der Waals surface area contributed by atoms with Crippen LogP contribution in [0.4, 0.5) is 0 Å².